The summed E-state index contributed by atoms with van der Waals surface area (Å²) in [6.07, 6.45) is 0. The van der Waals surface area contributed by atoms with Crippen LogP contribution in [0.15, 0.2) is 48.5 Å². The topological polar surface area (TPSA) is 66.3 Å². The third kappa shape index (κ3) is 2.99. The van der Waals surface area contributed by atoms with Gasteiger partial charge in [0, 0.05) is 10.6 Å². The lowest BCUT2D eigenvalue weighted by Crippen LogP contribution is -2.27. The normalized spacial score (nSPS) is 17.2. The number of hydrogen-bond acceptors (Lipinski definition) is 6. The number of phenolic OH excluding ortho intramolecular Hbond substituents is 1. The highest BCUT2D eigenvalue weighted by atomic mass is 35.5. The molecule has 126 valence electrons. The number of aromatic nitrogens is 2. The van der Waals surface area contributed by atoms with E-state index in [9.17, 15) is 9.90 Å². The van der Waals surface area contributed by atoms with E-state index < -0.39 is 0 Å². The van der Waals surface area contributed by atoms with Crippen molar-refractivity contribution in [1.82, 2.24) is 10.2 Å². The molecule has 1 saturated heterocycles. The SMILES string of the molecule is O=C1CSC(c2ccccc2Cl)N1c1nnc(-c2ccccc2O)s1. The number of benzene rings is 2. The highest BCUT2D eigenvalue weighted by molar-refractivity contribution is 8.00. The minimum absolute atomic E-state index is 0.0325. The molecule has 3 aromatic rings. The van der Waals surface area contributed by atoms with E-state index in [1.165, 1.54) is 23.1 Å². The van der Waals surface area contributed by atoms with Gasteiger partial charge in [-0.15, -0.1) is 22.0 Å². The zero-order chi connectivity index (χ0) is 17.4. The minimum Gasteiger partial charge on any atom is -0.507 e. The molecular formula is C17H12ClN3O2S2. The van der Waals surface area contributed by atoms with Crippen LogP contribution in [0.2, 0.25) is 5.02 Å². The van der Waals surface area contributed by atoms with Crippen molar-refractivity contribution in [2.45, 2.75) is 5.37 Å². The molecule has 1 aliphatic heterocycles. The van der Waals surface area contributed by atoms with Gasteiger partial charge >= 0.3 is 0 Å². The summed E-state index contributed by atoms with van der Waals surface area (Å²) in [5.74, 6) is 0.464. The quantitative estimate of drug-likeness (QED) is 0.721. The van der Waals surface area contributed by atoms with Crippen LogP contribution in [0, 0.1) is 0 Å². The second kappa shape index (κ2) is 6.67. The summed E-state index contributed by atoms with van der Waals surface area (Å²) in [4.78, 5) is 14.1. The molecule has 1 amide bonds. The number of aromatic hydroxyl groups is 1. The maximum atomic E-state index is 12.4. The highest BCUT2D eigenvalue weighted by Gasteiger charge is 2.37. The molecule has 0 aliphatic carbocycles. The van der Waals surface area contributed by atoms with Crippen molar-refractivity contribution in [2.75, 3.05) is 10.7 Å². The fourth-order valence-electron chi connectivity index (χ4n) is 2.61. The first-order valence-electron chi connectivity index (χ1n) is 7.45. The van der Waals surface area contributed by atoms with Gasteiger partial charge in [-0.2, -0.15) is 0 Å². The third-order valence-electron chi connectivity index (χ3n) is 3.79. The van der Waals surface area contributed by atoms with Crippen molar-refractivity contribution < 1.29 is 9.90 Å². The van der Waals surface area contributed by atoms with E-state index in [0.717, 1.165) is 5.56 Å². The molecule has 2 aromatic carbocycles. The van der Waals surface area contributed by atoms with Crippen LogP contribution in [0.3, 0.4) is 0 Å². The van der Waals surface area contributed by atoms with Crippen molar-refractivity contribution in [3.8, 4) is 16.3 Å². The molecule has 0 saturated carbocycles. The van der Waals surface area contributed by atoms with Crippen molar-refractivity contribution in [2.24, 2.45) is 0 Å². The maximum absolute atomic E-state index is 12.4. The first kappa shape index (κ1) is 16.4. The molecule has 1 fully saturated rings. The Labute approximate surface area is 157 Å². The van der Waals surface area contributed by atoms with Crippen LogP contribution in [-0.4, -0.2) is 27.0 Å². The molecule has 0 radical (unpaired) electrons. The predicted octanol–water partition coefficient (Wildman–Crippen LogP) is 4.34. The molecule has 1 aromatic heterocycles. The minimum atomic E-state index is -0.230. The number of carbonyl (C=O) groups excluding carboxylic acids is 1. The van der Waals surface area contributed by atoms with Gasteiger partial charge in [0.25, 0.3) is 0 Å². The van der Waals surface area contributed by atoms with Crippen molar-refractivity contribution >= 4 is 45.7 Å². The molecule has 8 heteroatoms. The van der Waals surface area contributed by atoms with Crippen molar-refractivity contribution in [3.63, 3.8) is 0 Å². The van der Waals surface area contributed by atoms with E-state index in [-0.39, 0.29) is 17.0 Å². The molecule has 1 aliphatic rings. The van der Waals surface area contributed by atoms with Crippen LogP contribution in [0.1, 0.15) is 10.9 Å². The number of rotatable bonds is 3. The lowest BCUT2D eigenvalue weighted by Gasteiger charge is -2.21. The molecule has 4 rings (SSSR count). The Morgan fingerprint density at radius 3 is 2.68 bits per heavy atom. The second-order valence-electron chi connectivity index (χ2n) is 5.36. The van der Waals surface area contributed by atoms with Gasteiger partial charge in [-0.3, -0.25) is 9.69 Å². The first-order chi connectivity index (χ1) is 12.1. The van der Waals surface area contributed by atoms with E-state index in [4.69, 9.17) is 11.6 Å². The van der Waals surface area contributed by atoms with Gasteiger partial charge in [-0.05, 0) is 18.2 Å². The van der Waals surface area contributed by atoms with Gasteiger partial charge in [0.05, 0.1) is 11.3 Å². The van der Waals surface area contributed by atoms with E-state index in [0.29, 0.717) is 26.5 Å². The Morgan fingerprint density at radius 2 is 1.88 bits per heavy atom. The summed E-state index contributed by atoms with van der Waals surface area (Å²) in [6.45, 7) is 0. The molecule has 1 unspecified atom stereocenters. The van der Waals surface area contributed by atoms with E-state index >= 15 is 0 Å². The summed E-state index contributed by atoms with van der Waals surface area (Å²) in [5.41, 5.74) is 1.47. The molecule has 1 atom stereocenters. The maximum Gasteiger partial charge on any atom is 0.240 e. The zero-order valence-electron chi connectivity index (χ0n) is 12.8. The molecule has 2 heterocycles. The Hall–Kier alpha value is -2.09. The third-order valence-corrected chi connectivity index (χ3v) is 6.29. The number of para-hydroxylation sites is 1. The molecule has 5 nitrogen and oxygen atoms in total. The van der Waals surface area contributed by atoms with Crippen LogP contribution < -0.4 is 4.90 Å². The number of hydrogen-bond donors (Lipinski definition) is 1. The summed E-state index contributed by atoms with van der Waals surface area (Å²) in [7, 11) is 0. The summed E-state index contributed by atoms with van der Waals surface area (Å²) >= 11 is 9.09. The molecule has 1 N–H and O–H groups in total. The molecular weight excluding hydrogens is 378 g/mol. The van der Waals surface area contributed by atoms with Gasteiger partial charge in [0.1, 0.15) is 11.1 Å². The number of anilines is 1. The molecule has 25 heavy (non-hydrogen) atoms. The van der Waals surface area contributed by atoms with Crippen LogP contribution in [0.4, 0.5) is 5.13 Å². The Bertz CT molecular complexity index is 947. The number of amides is 1. The standard InChI is InChI=1S/C17H12ClN3O2S2/c18-12-7-3-1-5-10(12)16-21(14(23)9-24-16)17-20-19-15(25-17)11-6-2-4-8-13(11)22/h1-8,16,22H,9H2. The van der Waals surface area contributed by atoms with E-state index in [2.05, 4.69) is 10.2 Å². The largest absolute Gasteiger partial charge is 0.507 e. The van der Waals surface area contributed by atoms with E-state index in [1.54, 1.807) is 23.1 Å². The fraction of sp³-hybridized carbons (Fsp3) is 0.118. The number of phenols is 1. The van der Waals surface area contributed by atoms with Crippen LogP contribution in [-0.2, 0) is 4.79 Å². The Kier molecular flexibility index (Phi) is 4.37. The molecule has 0 bridgehead atoms. The zero-order valence-corrected chi connectivity index (χ0v) is 15.2. The number of nitrogens with zero attached hydrogens (tertiary/aromatic N) is 3. The van der Waals surface area contributed by atoms with Gasteiger partial charge < -0.3 is 5.11 Å². The van der Waals surface area contributed by atoms with Gasteiger partial charge in [-0.25, -0.2) is 0 Å². The number of halogens is 1. The summed E-state index contributed by atoms with van der Waals surface area (Å²) < 4.78 is 0. The lowest BCUT2D eigenvalue weighted by atomic mass is 10.2. The lowest BCUT2D eigenvalue weighted by molar-refractivity contribution is -0.115. The highest BCUT2D eigenvalue weighted by Crippen LogP contribution is 2.45. The van der Waals surface area contributed by atoms with Crippen LogP contribution in [0.5, 0.6) is 5.75 Å². The first-order valence-corrected chi connectivity index (χ1v) is 9.69. The average molecular weight is 390 g/mol. The average Bonchev–Trinajstić information content (AvgIpc) is 3.22. The monoisotopic (exact) mass is 389 g/mol. The number of carbonyl (C=O) groups is 1. The van der Waals surface area contributed by atoms with Crippen LogP contribution >= 0.6 is 34.7 Å². The van der Waals surface area contributed by atoms with E-state index in [1.807, 2.05) is 30.3 Å². The summed E-state index contributed by atoms with van der Waals surface area (Å²) in [6, 6.07) is 14.4. The Balaban J connectivity index is 1.72. The van der Waals surface area contributed by atoms with Crippen molar-refractivity contribution in [1.29, 1.82) is 0 Å². The van der Waals surface area contributed by atoms with Crippen molar-refractivity contribution in [3.05, 3.63) is 59.1 Å². The summed E-state index contributed by atoms with van der Waals surface area (Å²) in [5, 5.41) is 19.8. The fourth-order valence-corrected chi connectivity index (χ4v) is 5.10. The Morgan fingerprint density at radius 1 is 1.12 bits per heavy atom. The smallest absolute Gasteiger partial charge is 0.240 e. The second-order valence-corrected chi connectivity index (χ2v) is 7.79. The van der Waals surface area contributed by atoms with Gasteiger partial charge in [0.15, 0.2) is 5.01 Å². The predicted molar refractivity (Wildman–Crippen MR) is 101 cm³/mol. The van der Waals surface area contributed by atoms with Gasteiger partial charge in [0.2, 0.25) is 11.0 Å². The van der Waals surface area contributed by atoms with Crippen LogP contribution in [0.25, 0.3) is 10.6 Å². The van der Waals surface area contributed by atoms with Gasteiger partial charge in [-0.1, -0.05) is 53.3 Å². The molecule has 0 spiro atoms. The number of thioether (sulfide) groups is 1.